The molecule has 2 heteroatoms. The van der Waals surface area contributed by atoms with E-state index in [0.717, 1.165) is 29.9 Å². The zero-order valence-electron chi connectivity index (χ0n) is 8.34. The van der Waals surface area contributed by atoms with Crippen LogP contribution in [-0.2, 0) is 0 Å². The van der Waals surface area contributed by atoms with Gasteiger partial charge in [0.1, 0.15) is 0 Å². The normalized spacial score (nSPS) is 9.85. The fourth-order valence-corrected chi connectivity index (χ4v) is 6.99. The summed E-state index contributed by atoms with van der Waals surface area (Å²) in [7, 11) is 0. The van der Waals surface area contributed by atoms with Gasteiger partial charge in [-0.3, -0.25) is 0 Å². The van der Waals surface area contributed by atoms with Crippen molar-refractivity contribution in [2.75, 3.05) is 0 Å². The Morgan fingerprint density at radius 2 is 1.31 bits per heavy atom. The number of hydrogen-bond acceptors (Lipinski definition) is 0. The van der Waals surface area contributed by atoms with Gasteiger partial charge in [0.05, 0.1) is 0 Å². The molecule has 0 spiro atoms. The van der Waals surface area contributed by atoms with Gasteiger partial charge >= 0.3 is 95.8 Å². The molecule has 0 nitrogen and oxygen atoms in total. The summed E-state index contributed by atoms with van der Waals surface area (Å²) in [5.74, 6) is 0. The Hall–Kier alpha value is 0.519. The Kier molecular flexibility index (Phi) is 13.0. The molecular formula is C11H20Se2. The van der Waals surface area contributed by atoms with Gasteiger partial charge in [-0.1, -0.05) is 0 Å². The molecule has 0 N–H and O–H groups in total. The first-order valence-electron chi connectivity index (χ1n) is 4.79. The van der Waals surface area contributed by atoms with Gasteiger partial charge < -0.3 is 0 Å². The molecule has 0 bridgehead atoms. The van der Waals surface area contributed by atoms with Crippen molar-refractivity contribution in [1.82, 2.24) is 0 Å². The van der Waals surface area contributed by atoms with Gasteiger partial charge in [0.2, 0.25) is 0 Å². The van der Waals surface area contributed by atoms with Gasteiger partial charge in [-0.15, -0.1) is 0 Å². The Bertz CT molecular complexity index is 107. The van der Waals surface area contributed by atoms with Crippen LogP contribution in [0.2, 0.25) is 14.9 Å². The molecule has 0 heterocycles. The predicted molar refractivity (Wildman–Crippen MR) is 64.8 cm³/mol. The van der Waals surface area contributed by atoms with Gasteiger partial charge in [-0.05, 0) is 0 Å². The van der Waals surface area contributed by atoms with Crippen molar-refractivity contribution in [2.45, 2.75) is 40.5 Å². The van der Waals surface area contributed by atoms with Gasteiger partial charge in [-0.2, -0.15) is 0 Å². The molecular weight excluding hydrogens is 290 g/mol. The van der Waals surface area contributed by atoms with Crippen LogP contribution in [-0.4, -0.2) is 29.9 Å². The zero-order valence-corrected chi connectivity index (χ0v) is 11.8. The van der Waals surface area contributed by atoms with Gasteiger partial charge in [0.15, 0.2) is 0 Å². The van der Waals surface area contributed by atoms with Gasteiger partial charge in [0.25, 0.3) is 0 Å². The summed E-state index contributed by atoms with van der Waals surface area (Å²) in [5, 5.41) is 2.92. The molecule has 0 saturated carbocycles. The van der Waals surface area contributed by atoms with E-state index >= 15 is 0 Å². The van der Waals surface area contributed by atoms with E-state index in [4.69, 9.17) is 0 Å². The number of unbranched alkanes of at least 4 members (excludes halogenated alkanes) is 2. The first-order chi connectivity index (χ1) is 6.41. The van der Waals surface area contributed by atoms with Crippen LogP contribution in [0.1, 0.15) is 25.7 Å². The Morgan fingerprint density at radius 1 is 0.846 bits per heavy atom. The quantitative estimate of drug-likeness (QED) is 0.329. The van der Waals surface area contributed by atoms with Crippen LogP contribution in [0.25, 0.3) is 0 Å². The maximum absolute atomic E-state index is 3.73. The van der Waals surface area contributed by atoms with Crippen molar-refractivity contribution in [1.29, 1.82) is 0 Å². The second kappa shape index (κ2) is 12.5. The van der Waals surface area contributed by atoms with Crippen LogP contribution in [0.3, 0.4) is 0 Å². The molecule has 0 aromatic carbocycles. The number of allylic oxidation sites excluding steroid dienone is 2. The summed E-state index contributed by atoms with van der Waals surface area (Å²) in [6, 6.07) is 0. The molecule has 0 aliphatic carbocycles. The first kappa shape index (κ1) is 13.5. The molecule has 0 radical (unpaired) electrons. The van der Waals surface area contributed by atoms with E-state index in [9.17, 15) is 0 Å². The van der Waals surface area contributed by atoms with Crippen molar-refractivity contribution in [3.05, 3.63) is 25.3 Å². The van der Waals surface area contributed by atoms with Crippen molar-refractivity contribution in [3.8, 4) is 0 Å². The molecule has 76 valence electrons. The molecule has 0 rings (SSSR count). The molecule has 0 amide bonds. The van der Waals surface area contributed by atoms with Crippen LogP contribution in [0.5, 0.6) is 0 Å². The minimum atomic E-state index is 0.928. The topological polar surface area (TPSA) is 0 Å². The SMILES string of the molecule is C=CCCC[Se]C[Se]CCCC=C. The maximum atomic E-state index is 3.73. The number of rotatable bonds is 10. The van der Waals surface area contributed by atoms with Crippen molar-refractivity contribution in [2.24, 2.45) is 0 Å². The molecule has 13 heavy (non-hydrogen) atoms. The van der Waals surface area contributed by atoms with Gasteiger partial charge in [0, 0.05) is 0 Å². The van der Waals surface area contributed by atoms with Crippen LogP contribution in [0.4, 0.5) is 0 Å². The Morgan fingerprint density at radius 3 is 1.69 bits per heavy atom. The monoisotopic (exact) mass is 312 g/mol. The van der Waals surface area contributed by atoms with Crippen molar-refractivity contribution >= 4 is 29.9 Å². The second-order valence-corrected chi connectivity index (χ2v) is 9.29. The summed E-state index contributed by atoms with van der Waals surface area (Å²) in [5.41, 5.74) is 0. The molecule has 0 aliphatic rings. The Balaban J connectivity index is 2.83. The molecule has 0 unspecified atom stereocenters. The standard InChI is InChI=1S/C11H20Se2/c1-3-5-7-9-12-11-13-10-8-6-4-2/h3-4H,1-2,5-11H2. The molecule has 0 atom stereocenters. The number of hydrogen-bond donors (Lipinski definition) is 0. The first-order valence-corrected chi connectivity index (χ1v) is 9.63. The third kappa shape index (κ3) is 12.5. The molecule has 0 fully saturated rings. The molecule has 0 aliphatic heterocycles. The van der Waals surface area contributed by atoms with Crippen LogP contribution < -0.4 is 0 Å². The van der Waals surface area contributed by atoms with E-state index in [1.807, 2.05) is 12.2 Å². The summed E-state index contributed by atoms with van der Waals surface area (Å²) in [4.78, 5) is 0. The van der Waals surface area contributed by atoms with Crippen molar-refractivity contribution in [3.63, 3.8) is 0 Å². The fourth-order valence-electron chi connectivity index (χ4n) is 0.836. The van der Waals surface area contributed by atoms with Crippen LogP contribution >= 0.6 is 0 Å². The van der Waals surface area contributed by atoms with E-state index in [1.54, 1.807) is 0 Å². The summed E-state index contributed by atoms with van der Waals surface area (Å²) in [6.45, 7) is 7.46. The van der Waals surface area contributed by atoms with Crippen LogP contribution in [0, 0.1) is 0 Å². The molecule has 0 aromatic heterocycles. The molecule has 0 saturated heterocycles. The second-order valence-electron chi connectivity index (χ2n) is 2.80. The zero-order chi connectivity index (χ0) is 9.78. The third-order valence-electron chi connectivity index (χ3n) is 1.56. The van der Waals surface area contributed by atoms with E-state index in [1.165, 1.54) is 40.5 Å². The predicted octanol–water partition coefficient (Wildman–Crippen LogP) is 3.54. The Labute approximate surface area is 95.6 Å². The van der Waals surface area contributed by atoms with E-state index in [2.05, 4.69) is 13.2 Å². The fraction of sp³-hybridized carbons (Fsp3) is 0.636. The van der Waals surface area contributed by atoms with E-state index in [0.29, 0.717) is 0 Å². The summed E-state index contributed by atoms with van der Waals surface area (Å²) < 4.78 is 1.54. The van der Waals surface area contributed by atoms with Crippen molar-refractivity contribution < 1.29 is 0 Å². The summed E-state index contributed by atoms with van der Waals surface area (Å²) in [6.07, 6.45) is 9.23. The third-order valence-corrected chi connectivity index (χ3v) is 8.32. The van der Waals surface area contributed by atoms with Crippen LogP contribution in [0.15, 0.2) is 25.3 Å². The minimum absolute atomic E-state index is 0.928. The molecule has 0 aromatic rings. The average molecular weight is 310 g/mol. The average Bonchev–Trinajstić information content (AvgIpc) is 2.16. The van der Waals surface area contributed by atoms with Gasteiger partial charge in [-0.25, -0.2) is 0 Å². The van der Waals surface area contributed by atoms with E-state index < -0.39 is 0 Å². The summed E-state index contributed by atoms with van der Waals surface area (Å²) >= 11 is 1.86. The van der Waals surface area contributed by atoms with E-state index in [-0.39, 0.29) is 0 Å².